The van der Waals surface area contributed by atoms with E-state index < -0.39 is 22.6 Å². The van der Waals surface area contributed by atoms with Crippen molar-refractivity contribution in [1.29, 1.82) is 0 Å². The number of nitrogens with one attached hydrogen (secondary N) is 1. The predicted octanol–water partition coefficient (Wildman–Crippen LogP) is 5.69. The number of piperidine rings is 1. The van der Waals surface area contributed by atoms with E-state index in [1.165, 1.54) is 0 Å². The Hall–Kier alpha value is -2.04. The molecule has 2 atom stereocenters. The van der Waals surface area contributed by atoms with Crippen molar-refractivity contribution in [2.45, 2.75) is 86.3 Å². The summed E-state index contributed by atoms with van der Waals surface area (Å²) < 4.78 is 5.72. The number of aryl methyl sites for hydroxylation is 2. The molecule has 0 radical (unpaired) electrons. The highest BCUT2D eigenvalue weighted by molar-refractivity contribution is 6.01. The van der Waals surface area contributed by atoms with Crippen molar-refractivity contribution in [1.82, 2.24) is 4.90 Å². The summed E-state index contributed by atoms with van der Waals surface area (Å²) >= 11 is 0. The molecule has 0 spiro atoms. The minimum absolute atomic E-state index is 0.139. The van der Waals surface area contributed by atoms with Crippen molar-refractivity contribution in [2.24, 2.45) is 11.3 Å². The predicted molar refractivity (Wildman–Crippen MR) is 118 cm³/mol. The molecular weight excluding hydrogens is 364 g/mol. The Bertz CT molecular complexity index is 753. The van der Waals surface area contributed by atoms with Crippen LogP contribution in [0.15, 0.2) is 18.2 Å². The summed E-state index contributed by atoms with van der Waals surface area (Å²) in [6.07, 6.45) is 1.04. The van der Waals surface area contributed by atoms with Gasteiger partial charge in [0.1, 0.15) is 11.1 Å². The zero-order chi connectivity index (χ0) is 22.2. The topological polar surface area (TPSA) is 58.6 Å². The molecule has 1 fully saturated rings. The second-order valence-electron chi connectivity index (χ2n) is 10.6. The molecule has 1 saturated heterocycles. The molecule has 2 rings (SSSR count). The number of carbonyl (C=O) groups excluding carboxylic acids is 2. The molecule has 0 saturated carbocycles. The Morgan fingerprint density at radius 1 is 1.10 bits per heavy atom. The van der Waals surface area contributed by atoms with Crippen LogP contribution in [0.3, 0.4) is 0 Å². The molecule has 1 N–H and O–H groups in total. The third kappa shape index (κ3) is 4.76. The van der Waals surface area contributed by atoms with E-state index in [-0.39, 0.29) is 5.91 Å². The number of ether oxygens (including phenoxy) is 1. The molecule has 1 aliphatic rings. The lowest BCUT2D eigenvalue weighted by Crippen LogP contribution is -2.68. The summed E-state index contributed by atoms with van der Waals surface area (Å²) in [6, 6.07) is 5.96. The zero-order valence-corrected chi connectivity index (χ0v) is 19.6. The number of amides is 2. The lowest BCUT2D eigenvalue weighted by atomic mass is 9.65. The highest BCUT2D eigenvalue weighted by Gasteiger charge is 2.57. The van der Waals surface area contributed by atoms with Gasteiger partial charge in [0.2, 0.25) is 0 Å². The largest absolute Gasteiger partial charge is 0.444 e. The fourth-order valence-corrected chi connectivity index (χ4v) is 4.32. The Morgan fingerprint density at radius 3 is 2.14 bits per heavy atom. The first-order valence-corrected chi connectivity index (χ1v) is 10.6. The third-order valence-electron chi connectivity index (χ3n) is 5.90. The van der Waals surface area contributed by atoms with Crippen LogP contribution in [0, 0.1) is 25.2 Å². The van der Waals surface area contributed by atoms with Crippen molar-refractivity contribution in [2.75, 3.05) is 11.9 Å². The summed E-state index contributed by atoms with van der Waals surface area (Å²) in [7, 11) is 0. The van der Waals surface area contributed by atoms with Crippen LogP contribution in [0.25, 0.3) is 0 Å². The van der Waals surface area contributed by atoms with Gasteiger partial charge in [-0.3, -0.25) is 9.69 Å². The number of hydrogen-bond donors (Lipinski definition) is 1. The molecule has 0 bridgehead atoms. The summed E-state index contributed by atoms with van der Waals surface area (Å²) in [5, 5.41) is 3.18. The van der Waals surface area contributed by atoms with Gasteiger partial charge in [0.05, 0.1) is 0 Å². The fourth-order valence-electron chi connectivity index (χ4n) is 4.32. The first-order valence-electron chi connectivity index (χ1n) is 10.6. The molecule has 162 valence electrons. The number of para-hydroxylation sites is 1. The Balaban J connectivity index is 2.54. The number of hydrogen-bond acceptors (Lipinski definition) is 3. The maximum absolute atomic E-state index is 13.9. The normalized spacial score (nSPS) is 22.9. The van der Waals surface area contributed by atoms with Gasteiger partial charge in [0.15, 0.2) is 0 Å². The molecule has 5 heteroatoms. The average Bonchev–Trinajstić information content (AvgIpc) is 2.55. The van der Waals surface area contributed by atoms with Gasteiger partial charge in [0, 0.05) is 12.2 Å². The molecule has 0 aliphatic carbocycles. The molecule has 29 heavy (non-hydrogen) atoms. The maximum atomic E-state index is 13.9. The van der Waals surface area contributed by atoms with Crippen molar-refractivity contribution in [3.8, 4) is 0 Å². The smallest absolute Gasteiger partial charge is 0.411 e. The van der Waals surface area contributed by atoms with Crippen molar-refractivity contribution >= 4 is 17.7 Å². The second kappa shape index (κ2) is 8.00. The molecule has 0 aromatic heterocycles. The molecule has 0 unspecified atom stereocenters. The van der Waals surface area contributed by atoms with Crippen LogP contribution in [0.4, 0.5) is 10.5 Å². The molecule has 5 nitrogen and oxygen atoms in total. The van der Waals surface area contributed by atoms with Gasteiger partial charge in [-0.25, -0.2) is 4.79 Å². The van der Waals surface area contributed by atoms with E-state index in [0.29, 0.717) is 18.9 Å². The minimum atomic E-state index is -0.998. The first-order chi connectivity index (χ1) is 13.2. The fraction of sp³-hybridized carbons (Fsp3) is 0.667. The summed E-state index contributed by atoms with van der Waals surface area (Å²) in [4.78, 5) is 28.8. The minimum Gasteiger partial charge on any atom is -0.444 e. The van der Waals surface area contributed by atoms with E-state index in [2.05, 4.69) is 12.2 Å². The van der Waals surface area contributed by atoms with Crippen LogP contribution < -0.4 is 5.32 Å². The van der Waals surface area contributed by atoms with Crippen LogP contribution in [-0.2, 0) is 9.53 Å². The standard InChI is InChI=1S/C24H38N2O3/c1-16-13-14-26(21(28)29-23(7,8)9)24(15-16,22(4,5)6)20(27)25-19-17(2)11-10-12-18(19)3/h10-12,16H,13-15H2,1-9H3,(H,25,27)/t16-,24+/m0/s1. The van der Waals surface area contributed by atoms with E-state index in [1.54, 1.807) is 4.90 Å². The van der Waals surface area contributed by atoms with E-state index in [9.17, 15) is 9.59 Å². The highest BCUT2D eigenvalue weighted by Crippen LogP contribution is 2.46. The van der Waals surface area contributed by atoms with E-state index >= 15 is 0 Å². The van der Waals surface area contributed by atoms with E-state index in [0.717, 1.165) is 23.2 Å². The van der Waals surface area contributed by atoms with Crippen LogP contribution >= 0.6 is 0 Å². The molecule has 1 aliphatic heterocycles. The molecule has 1 aromatic rings. The average molecular weight is 403 g/mol. The number of carbonyl (C=O) groups is 2. The maximum Gasteiger partial charge on any atom is 0.411 e. The summed E-state index contributed by atoms with van der Waals surface area (Å²) in [5.41, 5.74) is 0.752. The summed E-state index contributed by atoms with van der Waals surface area (Å²) in [5.74, 6) is 0.191. The number of nitrogens with zero attached hydrogens (tertiary/aromatic N) is 1. The second-order valence-corrected chi connectivity index (χ2v) is 10.6. The van der Waals surface area contributed by atoms with Crippen LogP contribution in [0.2, 0.25) is 0 Å². The lowest BCUT2D eigenvalue weighted by molar-refractivity contribution is -0.141. The zero-order valence-electron chi connectivity index (χ0n) is 19.6. The number of benzene rings is 1. The van der Waals surface area contributed by atoms with Gasteiger partial charge in [-0.05, 0) is 69.9 Å². The SMILES string of the molecule is Cc1cccc(C)c1NC(=O)[C@@]1(C(C)(C)C)C[C@@H](C)CCN1C(=O)OC(C)(C)C. The summed E-state index contributed by atoms with van der Waals surface area (Å²) in [6.45, 7) is 18.3. The third-order valence-corrected chi connectivity index (χ3v) is 5.90. The van der Waals surface area contributed by atoms with Crippen LogP contribution in [0.1, 0.15) is 72.4 Å². The Morgan fingerprint density at radius 2 is 1.66 bits per heavy atom. The van der Waals surface area contributed by atoms with Crippen molar-refractivity contribution in [3.05, 3.63) is 29.3 Å². The molecule has 1 heterocycles. The number of rotatable bonds is 2. The van der Waals surface area contributed by atoms with E-state index in [4.69, 9.17) is 4.74 Å². The first kappa shape index (κ1) is 23.2. The van der Waals surface area contributed by atoms with Gasteiger partial charge in [-0.1, -0.05) is 45.9 Å². The van der Waals surface area contributed by atoms with Gasteiger partial charge in [-0.15, -0.1) is 0 Å². The highest BCUT2D eigenvalue weighted by atomic mass is 16.6. The Labute approximate surface area is 176 Å². The number of anilines is 1. The molecular formula is C24H38N2O3. The number of likely N-dealkylation sites (tertiary alicyclic amines) is 1. The van der Waals surface area contributed by atoms with Crippen LogP contribution in [0.5, 0.6) is 0 Å². The quantitative estimate of drug-likeness (QED) is 0.691. The van der Waals surface area contributed by atoms with Crippen molar-refractivity contribution < 1.29 is 14.3 Å². The monoisotopic (exact) mass is 402 g/mol. The van der Waals surface area contributed by atoms with Gasteiger partial charge in [-0.2, -0.15) is 0 Å². The van der Waals surface area contributed by atoms with Gasteiger partial charge >= 0.3 is 6.09 Å². The van der Waals surface area contributed by atoms with Gasteiger partial charge in [0.25, 0.3) is 5.91 Å². The molecule has 1 aromatic carbocycles. The van der Waals surface area contributed by atoms with Crippen LogP contribution in [-0.4, -0.2) is 34.6 Å². The van der Waals surface area contributed by atoms with Crippen molar-refractivity contribution in [3.63, 3.8) is 0 Å². The Kier molecular flexibility index (Phi) is 6.41. The lowest BCUT2D eigenvalue weighted by Gasteiger charge is -2.54. The molecule has 2 amide bonds. The van der Waals surface area contributed by atoms with E-state index in [1.807, 2.05) is 73.6 Å². The van der Waals surface area contributed by atoms with Gasteiger partial charge < -0.3 is 10.1 Å².